The average Bonchev–Trinajstić information content (AvgIpc) is 3.17. The summed E-state index contributed by atoms with van der Waals surface area (Å²) in [4.78, 5) is 24.9. The van der Waals surface area contributed by atoms with Crippen LogP contribution in [0.15, 0.2) is 53.1 Å². The Kier molecular flexibility index (Phi) is 4.27. The highest BCUT2D eigenvalue weighted by atomic mass is 16.3. The van der Waals surface area contributed by atoms with Crippen molar-refractivity contribution in [2.75, 3.05) is 5.32 Å². The Morgan fingerprint density at radius 3 is 2.77 bits per heavy atom. The lowest BCUT2D eigenvalue weighted by atomic mass is 10.1. The van der Waals surface area contributed by atoms with E-state index in [9.17, 15) is 9.59 Å². The van der Waals surface area contributed by atoms with Crippen molar-refractivity contribution in [1.29, 1.82) is 0 Å². The van der Waals surface area contributed by atoms with Gasteiger partial charge in [-0.15, -0.1) is 0 Å². The molecule has 1 aromatic carbocycles. The van der Waals surface area contributed by atoms with Gasteiger partial charge in [0.25, 0.3) is 11.8 Å². The summed E-state index contributed by atoms with van der Waals surface area (Å²) < 4.78 is 5.20. The molecule has 3 aromatic rings. The van der Waals surface area contributed by atoms with Crippen LogP contribution in [0.25, 0.3) is 0 Å². The molecule has 0 unspecified atom stereocenters. The topological polar surface area (TPSA) is 100 Å². The van der Waals surface area contributed by atoms with Gasteiger partial charge in [0, 0.05) is 11.6 Å². The Hall–Kier alpha value is -3.35. The van der Waals surface area contributed by atoms with E-state index in [0.717, 1.165) is 18.5 Å². The zero-order valence-corrected chi connectivity index (χ0v) is 14.0. The molecule has 7 nitrogen and oxygen atoms in total. The van der Waals surface area contributed by atoms with Gasteiger partial charge < -0.3 is 15.1 Å². The molecule has 4 rings (SSSR count). The lowest BCUT2D eigenvalue weighted by Gasteiger charge is -2.10. The second-order valence-electron chi connectivity index (χ2n) is 6.24. The van der Waals surface area contributed by atoms with E-state index in [0.29, 0.717) is 28.6 Å². The number of H-pyrrole nitrogens is 1. The van der Waals surface area contributed by atoms with E-state index in [1.54, 1.807) is 48.7 Å². The number of nitrogens with one attached hydrogen (secondary N) is 3. The number of rotatable bonds is 6. The predicted molar refractivity (Wildman–Crippen MR) is 94.8 cm³/mol. The van der Waals surface area contributed by atoms with E-state index < -0.39 is 0 Å². The van der Waals surface area contributed by atoms with Crippen LogP contribution in [0, 0.1) is 0 Å². The van der Waals surface area contributed by atoms with Gasteiger partial charge in [-0.2, -0.15) is 5.10 Å². The second kappa shape index (κ2) is 6.87. The maximum Gasteiger partial charge on any atom is 0.276 e. The zero-order chi connectivity index (χ0) is 17.9. The number of benzene rings is 1. The van der Waals surface area contributed by atoms with Gasteiger partial charge >= 0.3 is 0 Å². The molecule has 1 fully saturated rings. The number of nitrogens with zero attached hydrogens (tertiary/aromatic N) is 1. The normalized spacial score (nSPS) is 13.4. The number of hydrogen-bond acceptors (Lipinski definition) is 4. The molecule has 1 aliphatic carbocycles. The summed E-state index contributed by atoms with van der Waals surface area (Å²) in [6, 6.07) is 12.2. The maximum absolute atomic E-state index is 12.5. The van der Waals surface area contributed by atoms with Crippen LogP contribution in [-0.2, 0) is 6.54 Å². The number of para-hydroxylation sites is 1. The highest BCUT2D eigenvalue weighted by Crippen LogP contribution is 2.39. The first-order valence-electron chi connectivity index (χ1n) is 8.47. The molecule has 1 aliphatic rings. The molecule has 7 heteroatoms. The van der Waals surface area contributed by atoms with Crippen LogP contribution >= 0.6 is 0 Å². The van der Waals surface area contributed by atoms with Crippen molar-refractivity contribution in [2.24, 2.45) is 0 Å². The van der Waals surface area contributed by atoms with Gasteiger partial charge in [-0.25, -0.2) is 0 Å². The van der Waals surface area contributed by atoms with Crippen molar-refractivity contribution in [1.82, 2.24) is 15.5 Å². The number of furan rings is 1. The predicted octanol–water partition coefficient (Wildman–Crippen LogP) is 3.06. The highest BCUT2D eigenvalue weighted by Gasteiger charge is 2.26. The molecule has 132 valence electrons. The molecule has 0 aliphatic heterocycles. The number of aromatic nitrogens is 2. The second-order valence-corrected chi connectivity index (χ2v) is 6.24. The van der Waals surface area contributed by atoms with Crippen LogP contribution in [0.3, 0.4) is 0 Å². The molecule has 0 spiro atoms. The van der Waals surface area contributed by atoms with Crippen LogP contribution in [0.4, 0.5) is 5.69 Å². The van der Waals surface area contributed by atoms with Crippen molar-refractivity contribution < 1.29 is 14.0 Å². The highest BCUT2D eigenvalue weighted by molar-refractivity contribution is 6.08. The van der Waals surface area contributed by atoms with Gasteiger partial charge in [-0.3, -0.25) is 14.7 Å². The van der Waals surface area contributed by atoms with Crippen LogP contribution in [0.5, 0.6) is 0 Å². The molecule has 26 heavy (non-hydrogen) atoms. The Morgan fingerprint density at radius 2 is 2.00 bits per heavy atom. The Morgan fingerprint density at radius 1 is 1.15 bits per heavy atom. The molecule has 2 aromatic heterocycles. The summed E-state index contributed by atoms with van der Waals surface area (Å²) in [5.74, 6) is 0.505. The van der Waals surface area contributed by atoms with E-state index in [1.165, 1.54) is 0 Å². The molecule has 0 atom stereocenters. The van der Waals surface area contributed by atoms with E-state index in [1.807, 2.05) is 0 Å². The zero-order valence-electron chi connectivity index (χ0n) is 14.0. The fourth-order valence-corrected chi connectivity index (χ4v) is 2.71. The third kappa shape index (κ3) is 3.51. The molecule has 0 bridgehead atoms. The van der Waals surface area contributed by atoms with Gasteiger partial charge in [-0.1, -0.05) is 12.1 Å². The number of carbonyl (C=O) groups is 2. The van der Waals surface area contributed by atoms with Crippen LogP contribution < -0.4 is 10.6 Å². The monoisotopic (exact) mass is 350 g/mol. The van der Waals surface area contributed by atoms with E-state index in [-0.39, 0.29) is 18.4 Å². The van der Waals surface area contributed by atoms with Gasteiger partial charge in [0.2, 0.25) is 0 Å². The minimum Gasteiger partial charge on any atom is -0.467 e. The quantitative estimate of drug-likeness (QED) is 0.636. The third-order valence-corrected chi connectivity index (χ3v) is 4.27. The number of aromatic amines is 1. The summed E-state index contributed by atoms with van der Waals surface area (Å²) in [6.07, 6.45) is 3.80. The van der Waals surface area contributed by atoms with Crippen molar-refractivity contribution in [3.63, 3.8) is 0 Å². The SMILES string of the molecule is O=C(Nc1ccccc1C(=O)NCc1ccco1)c1cc(C2CC2)[nH]n1. The lowest BCUT2D eigenvalue weighted by Crippen LogP contribution is -2.24. The standard InChI is InChI=1S/C19H18N4O3/c24-18(20-11-13-4-3-9-26-13)14-5-1-2-6-15(14)21-19(25)17-10-16(22-23-17)12-7-8-12/h1-6,9-10,12H,7-8,11H2,(H,20,24)(H,21,25)(H,22,23). The molecular weight excluding hydrogens is 332 g/mol. The minimum atomic E-state index is -0.348. The first-order valence-corrected chi connectivity index (χ1v) is 8.47. The number of hydrogen-bond donors (Lipinski definition) is 3. The summed E-state index contributed by atoms with van der Waals surface area (Å²) in [5.41, 5.74) is 2.12. The van der Waals surface area contributed by atoms with E-state index >= 15 is 0 Å². The summed E-state index contributed by atoms with van der Waals surface area (Å²) >= 11 is 0. The minimum absolute atomic E-state index is 0.276. The molecule has 3 N–H and O–H groups in total. The smallest absolute Gasteiger partial charge is 0.276 e. The van der Waals surface area contributed by atoms with Gasteiger partial charge in [-0.05, 0) is 43.2 Å². The number of carbonyl (C=O) groups excluding carboxylic acids is 2. The summed E-state index contributed by atoms with van der Waals surface area (Å²) in [7, 11) is 0. The molecule has 2 amide bonds. The van der Waals surface area contributed by atoms with E-state index in [4.69, 9.17) is 4.42 Å². The third-order valence-electron chi connectivity index (χ3n) is 4.27. The van der Waals surface area contributed by atoms with Crippen LogP contribution in [-0.4, -0.2) is 22.0 Å². The van der Waals surface area contributed by atoms with Crippen molar-refractivity contribution in [2.45, 2.75) is 25.3 Å². The first-order chi connectivity index (χ1) is 12.7. The molecule has 1 saturated carbocycles. The fourth-order valence-electron chi connectivity index (χ4n) is 2.71. The summed E-state index contributed by atoms with van der Waals surface area (Å²) in [5, 5.41) is 12.5. The Balaban J connectivity index is 1.45. The maximum atomic E-state index is 12.5. The van der Waals surface area contributed by atoms with Crippen LogP contribution in [0.1, 0.15) is 51.1 Å². The summed E-state index contributed by atoms with van der Waals surface area (Å²) in [6.45, 7) is 0.276. The molecule has 0 radical (unpaired) electrons. The van der Waals surface area contributed by atoms with Gasteiger partial charge in [0.15, 0.2) is 5.69 Å². The molecule has 0 saturated heterocycles. The van der Waals surface area contributed by atoms with Crippen molar-refractivity contribution in [3.05, 3.63) is 71.4 Å². The fraction of sp³-hybridized carbons (Fsp3) is 0.211. The van der Waals surface area contributed by atoms with E-state index in [2.05, 4.69) is 20.8 Å². The van der Waals surface area contributed by atoms with Crippen molar-refractivity contribution in [3.8, 4) is 0 Å². The van der Waals surface area contributed by atoms with Crippen LogP contribution in [0.2, 0.25) is 0 Å². The number of amides is 2. The molecule has 2 heterocycles. The van der Waals surface area contributed by atoms with Gasteiger partial charge in [0.05, 0.1) is 24.1 Å². The van der Waals surface area contributed by atoms with Gasteiger partial charge in [0.1, 0.15) is 5.76 Å². The Labute approximate surface area is 149 Å². The number of anilines is 1. The van der Waals surface area contributed by atoms with Crippen molar-refractivity contribution >= 4 is 17.5 Å². The molecular formula is C19H18N4O3. The first kappa shape index (κ1) is 16.1. The lowest BCUT2D eigenvalue weighted by molar-refractivity contribution is 0.0949. The average molecular weight is 350 g/mol. The Bertz CT molecular complexity index is 926. The largest absolute Gasteiger partial charge is 0.467 e.